The Kier molecular flexibility index (Phi) is 3.50. The lowest BCUT2D eigenvalue weighted by atomic mass is 9.98. The SMILES string of the molecule is CC1=C(N2CCN(C3=CC=CCC3C)C2)CCC=C1. The van der Waals surface area contributed by atoms with Crippen LogP contribution in [0.4, 0.5) is 0 Å². The van der Waals surface area contributed by atoms with Gasteiger partial charge in [-0.05, 0) is 43.8 Å². The molecule has 2 nitrogen and oxygen atoms in total. The molecule has 2 aliphatic carbocycles. The van der Waals surface area contributed by atoms with Gasteiger partial charge in [-0.15, -0.1) is 0 Å². The van der Waals surface area contributed by atoms with Gasteiger partial charge >= 0.3 is 0 Å². The highest BCUT2D eigenvalue weighted by Gasteiger charge is 2.26. The molecule has 1 heterocycles. The molecule has 1 fully saturated rings. The molecule has 0 aromatic rings. The zero-order valence-electron chi connectivity index (χ0n) is 12.1. The molecule has 2 heteroatoms. The molecule has 0 spiro atoms. The van der Waals surface area contributed by atoms with Crippen LogP contribution in [0.2, 0.25) is 0 Å². The van der Waals surface area contributed by atoms with E-state index in [0.717, 1.165) is 6.67 Å². The van der Waals surface area contributed by atoms with Crippen LogP contribution >= 0.6 is 0 Å². The van der Waals surface area contributed by atoms with Crippen molar-refractivity contribution in [2.75, 3.05) is 19.8 Å². The van der Waals surface area contributed by atoms with E-state index in [1.54, 1.807) is 5.70 Å². The van der Waals surface area contributed by atoms with Crippen LogP contribution in [0.3, 0.4) is 0 Å². The van der Waals surface area contributed by atoms with Gasteiger partial charge in [0.05, 0.1) is 6.67 Å². The molecular formula is C17H24N2. The Balaban J connectivity index is 1.72. The minimum Gasteiger partial charge on any atom is -0.355 e. The van der Waals surface area contributed by atoms with E-state index >= 15 is 0 Å². The van der Waals surface area contributed by atoms with Gasteiger partial charge < -0.3 is 9.80 Å². The second-order valence-electron chi connectivity index (χ2n) is 5.90. The van der Waals surface area contributed by atoms with E-state index in [2.05, 4.69) is 54.0 Å². The van der Waals surface area contributed by atoms with Gasteiger partial charge in [0.25, 0.3) is 0 Å². The highest BCUT2D eigenvalue weighted by molar-refractivity contribution is 5.28. The summed E-state index contributed by atoms with van der Waals surface area (Å²) in [6.45, 7) is 8.01. The highest BCUT2D eigenvalue weighted by atomic mass is 15.4. The zero-order chi connectivity index (χ0) is 13.2. The summed E-state index contributed by atoms with van der Waals surface area (Å²) in [6.07, 6.45) is 15.0. The fourth-order valence-corrected chi connectivity index (χ4v) is 3.35. The molecule has 19 heavy (non-hydrogen) atoms. The fourth-order valence-electron chi connectivity index (χ4n) is 3.35. The largest absolute Gasteiger partial charge is 0.355 e. The summed E-state index contributed by atoms with van der Waals surface area (Å²) >= 11 is 0. The van der Waals surface area contributed by atoms with E-state index < -0.39 is 0 Å². The summed E-state index contributed by atoms with van der Waals surface area (Å²) in [7, 11) is 0. The predicted molar refractivity (Wildman–Crippen MR) is 80.4 cm³/mol. The predicted octanol–water partition coefficient (Wildman–Crippen LogP) is 3.67. The molecule has 1 unspecified atom stereocenters. The maximum atomic E-state index is 2.57. The Morgan fingerprint density at radius 2 is 2.00 bits per heavy atom. The first-order valence-corrected chi connectivity index (χ1v) is 7.48. The topological polar surface area (TPSA) is 6.48 Å². The van der Waals surface area contributed by atoms with Crippen LogP contribution in [0, 0.1) is 5.92 Å². The molecule has 102 valence electrons. The summed E-state index contributed by atoms with van der Waals surface area (Å²) in [4.78, 5) is 5.14. The van der Waals surface area contributed by atoms with Crippen molar-refractivity contribution in [1.29, 1.82) is 0 Å². The summed E-state index contributed by atoms with van der Waals surface area (Å²) < 4.78 is 0. The van der Waals surface area contributed by atoms with E-state index in [1.165, 1.54) is 43.6 Å². The monoisotopic (exact) mass is 256 g/mol. The maximum absolute atomic E-state index is 2.57. The molecule has 3 rings (SSSR count). The van der Waals surface area contributed by atoms with Gasteiger partial charge in [0, 0.05) is 24.5 Å². The molecule has 0 aromatic heterocycles. The van der Waals surface area contributed by atoms with Crippen LogP contribution in [0.25, 0.3) is 0 Å². The second-order valence-corrected chi connectivity index (χ2v) is 5.90. The lowest BCUT2D eigenvalue weighted by Crippen LogP contribution is -2.28. The summed E-state index contributed by atoms with van der Waals surface area (Å²) in [5.41, 5.74) is 4.54. The zero-order valence-corrected chi connectivity index (χ0v) is 12.1. The van der Waals surface area contributed by atoms with Gasteiger partial charge in [-0.1, -0.05) is 31.2 Å². The summed E-state index contributed by atoms with van der Waals surface area (Å²) in [5, 5.41) is 0. The summed E-state index contributed by atoms with van der Waals surface area (Å²) in [5.74, 6) is 0.672. The van der Waals surface area contributed by atoms with Crippen molar-refractivity contribution < 1.29 is 0 Å². The number of rotatable bonds is 2. The normalized spacial score (nSPS) is 27.3. The van der Waals surface area contributed by atoms with E-state index in [0.29, 0.717) is 5.92 Å². The third kappa shape index (κ3) is 2.49. The van der Waals surface area contributed by atoms with Crippen molar-refractivity contribution in [3.8, 4) is 0 Å². The molecule has 0 amide bonds. The average molecular weight is 256 g/mol. The Labute approximate surface area is 116 Å². The van der Waals surface area contributed by atoms with Crippen LogP contribution < -0.4 is 0 Å². The number of hydrogen-bond acceptors (Lipinski definition) is 2. The molecule has 0 aromatic carbocycles. The highest BCUT2D eigenvalue weighted by Crippen LogP contribution is 2.29. The van der Waals surface area contributed by atoms with E-state index in [-0.39, 0.29) is 0 Å². The molecule has 0 N–H and O–H groups in total. The second kappa shape index (κ2) is 5.28. The van der Waals surface area contributed by atoms with E-state index in [4.69, 9.17) is 0 Å². The van der Waals surface area contributed by atoms with Crippen LogP contribution in [-0.2, 0) is 0 Å². The Morgan fingerprint density at radius 1 is 1.16 bits per heavy atom. The molecule has 1 aliphatic heterocycles. The third-order valence-electron chi connectivity index (χ3n) is 4.50. The maximum Gasteiger partial charge on any atom is 0.0899 e. The fraction of sp³-hybridized carbons (Fsp3) is 0.529. The molecule has 0 bridgehead atoms. The minimum absolute atomic E-state index is 0.672. The molecule has 3 aliphatic rings. The van der Waals surface area contributed by atoms with Crippen molar-refractivity contribution in [3.05, 3.63) is 47.3 Å². The third-order valence-corrected chi connectivity index (χ3v) is 4.50. The van der Waals surface area contributed by atoms with Gasteiger partial charge in [0.1, 0.15) is 0 Å². The quantitative estimate of drug-likeness (QED) is 0.744. The van der Waals surface area contributed by atoms with Gasteiger partial charge in [-0.2, -0.15) is 0 Å². The molecule has 1 saturated heterocycles. The molecular weight excluding hydrogens is 232 g/mol. The van der Waals surface area contributed by atoms with Crippen molar-refractivity contribution in [2.24, 2.45) is 5.92 Å². The van der Waals surface area contributed by atoms with Gasteiger partial charge in [-0.3, -0.25) is 0 Å². The Bertz CT molecular complexity index is 468. The molecule has 1 atom stereocenters. The van der Waals surface area contributed by atoms with Crippen molar-refractivity contribution in [3.63, 3.8) is 0 Å². The van der Waals surface area contributed by atoms with Crippen LogP contribution in [0.5, 0.6) is 0 Å². The number of allylic oxidation sites excluding steroid dienone is 8. The van der Waals surface area contributed by atoms with Crippen LogP contribution in [-0.4, -0.2) is 29.6 Å². The standard InChI is InChI=1S/C17H24N2/c1-14-7-3-5-9-16(14)18-11-12-19(13-18)17-10-6-4-8-15(17)2/h3-5,8-9,14H,6-7,10-13H2,1-2H3. The number of hydrogen-bond donors (Lipinski definition) is 0. The van der Waals surface area contributed by atoms with Gasteiger partial charge in [0.15, 0.2) is 0 Å². The van der Waals surface area contributed by atoms with Crippen molar-refractivity contribution in [2.45, 2.75) is 33.1 Å². The first-order chi connectivity index (χ1) is 9.25. The lowest BCUT2D eigenvalue weighted by Gasteiger charge is -2.30. The van der Waals surface area contributed by atoms with Gasteiger partial charge in [-0.25, -0.2) is 0 Å². The first-order valence-electron chi connectivity index (χ1n) is 7.48. The van der Waals surface area contributed by atoms with E-state index in [9.17, 15) is 0 Å². The Hall–Kier alpha value is -1.44. The first kappa shape index (κ1) is 12.6. The van der Waals surface area contributed by atoms with Crippen molar-refractivity contribution >= 4 is 0 Å². The van der Waals surface area contributed by atoms with Crippen molar-refractivity contribution in [1.82, 2.24) is 9.80 Å². The van der Waals surface area contributed by atoms with Crippen LogP contribution in [0.15, 0.2) is 47.3 Å². The average Bonchev–Trinajstić information content (AvgIpc) is 2.89. The molecule has 0 radical (unpaired) electrons. The van der Waals surface area contributed by atoms with Crippen LogP contribution in [0.1, 0.15) is 33.1 Å². The lowest BCUT2D eigenvalue weighted by molar-refractivity contribution is 0.296. The van der Waals surface area contributed by atoms with E-state index in [1.807, 2.05) is 0 Å². The number of nitrogens with zero attached hydrogens (tertiary/aromatic N) is 2. The Morgan fingerprint density at radius 3 is 2.79 bits per heavy atom. The smallest absolute Gasteiger partial charge is 0.0899 e. The summed E-state index contributed by atoms with van der Waals surface area (Å²) in [6, 6.07) is 0. The van der Waals surface area contributed by atoms with Gasteiger partial charge in [0.2, 0.25) is 0 Å². The molecule has 0 saturated carbocycles. The minimum atomic E-state index is 0.672.